The average molecular weight is 248 g/mol. The van der Waals surface area contributed by atoms with E-state index in [1.165, 1.54) is 12.0 Å². The number of anilines is 2. The minimum absolute atomic E-state index is 0.115. The maximum Gasteiger partial charge on any atom is 0.390 e. The number of benzene rings is 1. The third-order valence-electron chi connectivity index (χ3n) is 2.32. The van der Waals surface area contributed by atoms with Gasteiger partial charge in [0.05, 0.1) is 13.5 Å². The lowest BCUT2D eigenvalue weighted by Crippen LogP contribution is -2.24. The van der Waals surface area contributed by atoms with Gasteiger partial charge >= 0.3 is 6.18 Å². The van der Waals surface area contributed by atoms with Crippen molar-refractivity contribution in [1.29, 1.82) is 0 Å². The molecule has 1 aromatic rings. The van der Waals surface area contributed by atoms with Crippen LogP contribution in [0, 0.1) is 0 Å². The average Bonchev–Trinajstić information content (AvgIpc) is 2.23. The number of ether oxygens (including phenoxy) is 1. The molecule has 0 radical (unpaired) electrons. The highest BCUT2D eigenvalue weighted by molar-refractivity contribution is 5.60. The van der Waals surface area contributed by atoms with E-state index < -0.39 is 12.6 Å². The van der Waals surface area contributed by atoms with E-state index in [0.29, 0.717) is 17.1 Å². The van der Waals surface area contributed by atoms with Gasteiger partial charge in [-0.15, -0.1) is 0 Å². The third-order valence-corrected chi connectivity index (χ3v) is 2.32. The van der Waals surface area contributed by atoms with Gasteiger partial charge in [0, 0.05) is 37.1 Å². The van der Waals surface area contributed by atoms with Crippen molar-refractivity contribution in [3.8, 4) is 5.75 Å². The van der Waals surface area contributed by atoms with Crippen LogP contribution in [-0.4, -0.2) is 26.9 Å². The largest absolute Gasteiger partial charge is 0.497 e. The van der Waals surface area contributed by atoms with Gasteiger partial charge in [0.1, 0.15) is 5.75 Å². The molecule has 96 valence electrons. The van der Waals surface area contributed by atoms with Crippen LogP contribution in [0.15, 0.2) is 18.2 Å². The molecule has 0 heterocycles. The molecule has 0 amide bonds. The van der Waals surface area contributed by atoms with Crippen LogP contribution in [0.25, 0.3) is 0 Å². The Bertz CT molecular complexity index is 379. The van der Waals surface area contributed by atoms with Gasteiger partial charge < -0.3 is 15.4 Å². The molecule has 0 aliphatic rings. The van der Waals surface area contributed by atoms with Crippen LogP contribution in [-0.2, 0) is 0 Å². The maximum absolute atomic E-state index is 12.1. The maximum atomic E-state index is 12.1. The Morgan fingerprint density at radius 1 is 1.29 bits per heavy atom. The summed E-state index contributed by atoms with van der Waals surface area (Å²) in [5.41, 5.74) is 6.69. The second kappa shape index (κ2) is 5.16. The van der Waals surface area contributed by atoms with Crippen molar-refractivity contribution in [2.75, 3.05) is 31.3 Å². The number of methoxy groups -OCH3 is 1. The molecule has 0 saturated carbocycles. The van der Waals surface area contributed by atoms with E-state index in [1.807, 2.05) is 0 Å². The summed E-state index contributed by atoms with van der Waals surface area (Å²) in [4.78, 5) is 1.49. The number of nitrogen functional groups attached to an aromatic ring is 1. The number of nitrogens with zero attached hydrogens (tertiary/aromatic N) is 1. The highest BCUT2D eigenvalue weighted by Crippen LogP contribution is 2.26. The minimum atomic E-state index is -4.15. The number of hydrogen-bond acceptors (Lipinski definition) is 3. The summed E-state index contributed by atoms with van der Waals surface area (Å²) < 4.78 is 41.2. The molecule has 0 fully saturated rings. The molecule has 1 aromatic carbocycles. The summed E-state index contributed by atoms with van der Waals surface area (Å²) >= 11 is 0. The molecule has 1 rings (SSSR count). The van der Waals surface area contributed by atoms with Crippen molar-refractivity contribution >= 4 is 11.4 Å². The highest BCUT2D eigenvalue weighted by atomic mass is 19.4. The first-order valence-corrected chi connectivity index (χ1v) is 5.04. The van der Waals surface area contributed by atoms with Gasteiger partial charge in [-0.1, -0.05) is 0 Å². The van der Waals surface area contributed by atoms with E-state index in [-0.39, 0.29) is 6.54 Å². The third kappa shape index (κ3) is 4.42. The second-order valence-corrected chi connectivity index (χ2v) is 3.75. The number of halogens is 3. The highest BCUT2D eigenvalue weighted by Gasteiger charge is 2.27. The molecule has 0 saturated heterocycles. The topological polar surface area (TPSA) is 38.5 Å². The van der Waals surface area contributed by atoms with Gasteiger partial charge in [-0.3, -0.25) is 0 Å². The van der Waals surface area contributed by atoms with Gasteiger partial charge in [-0.25, -0.2) is 0 Å². The van der Waals surface area contributed by atoms with E-state index in [1.54, 1.807) is 25.2 Å². The molecule has 2 N–H and O–H groups in total. The zero-order chi connectivity index (χ0) is 13.1. The van der Waals surface area contributed by atoms with Crippen molar-refractivity contribution in [2.45, 2.75) is 12.6 Å². The summed E-state index contributed by atoms with van der Waals surface area (Å²) in [7, 11) is 3.06. The predicted molar refractivity (Wildman–Crippen MR) is 61.3 cm³/mol. The van der Waals surface area contributed by atoms with E-state index in [2.05, 4.69) is 0 Å². The van der Waals surface area contributed by atoms with Crippen molar-refractivity contribution in [3.63, 3.8) is 0 Å². The molecule has 6 heteroatoms. The Morgan fingerprint density at radius 2 is 1.94 bits per heavy atom. The summed E-state index contributed by atoms with van der Waals surface area (Å²) in [6.45, 7) is -0.115. The van der Waals surface area contributed by atoms with Crippen LogP contribution in [0.4, 0.5) is 24.5 Å². The van der Waals surface area contributed by atoms with Crippen LogP contribution >= 0.6 is 0 Å². The quantitative estimate of drug-likeness (QED) is 0.832. The fourth-order valence-corrected chi connectivity index (χ4v) is 1.37. The standard InChI is InChI=1S/C11H15F3N2O/c1-16(4-3-11(12,13)14)9-5-8(15)6-10(7-9)17-2/h5-7H,3-4,15H2,1-2H3. The van der Waals surface area contributed by atoms with Gasteiger partial charge in [-0.2, -0.15) is 13.2 Å². The Morgan fingerprint density at radius 3 is 2.47 bits per heavy atom. The van der Waals surface area contributed by atoms with Gasteiger partial charge in [-0.05, 0) is 6.07 Å². The molecule has 17 heavy (non-hydrogen) atoms. The Hall–Kier alpha value is -1.59. The SMILES string of the molecule is COc1cc(N)cc(N(C)CCC(F)(F)F)c1. The lowest BCUT2D eigenvalue weighted by molar-refractivity contribution is -0.132. The molecule has 0 atom stereocenters. The molecule has 0 aliphatic heterocycles. The molecule has 0 spiro atoms. The Labute approximate surface area is 98.0 Å². The van der Waals surface area contributed by atoms with E-state index >= 15 is 0 Å². The molecule has 0 bridgehead atoms. The van der Waals surface area contributed by atoms with Gasteiger partial charge in [0.15, 0.2) is 0 Å². The molecule has 3 nitrogen and oxygen atoms in total. The Kier molecular flexibility index (Phi) is 4.09. The number of nitrogens with two attached hydrogens (primary N) is 1. The van der Waals surface area contributed by atoms with Crippen molar-refractivity contribution in [3.05, 3.63) is 18.2 Å². The molecule has 0 unspecified atom stereocenters. The van der Waals surface area contributed by atoms with E-state index in [9.17, 15) is 13.2 Å². The van der Waals surface area contributed by atoms with Gasteiger partial charge in [0.25, 0.3) is 0 Å². The number of hydrogen-bond donors (Lipinski definition) is 1. The first-order chi connectivity index (χ1) is 7.81. The van der Waals surface area contributed by atoms with E-state index in [4.69, 9.17) is 10.5 Å². The smallest absolute Gasteiger partial charge is 0.390 e. The zero-order valence-electron chi connectivity index (χ0n) is 9.71. The van der Waals surface area contributed by atoms with E-state index in [0.717, 1.165) is 0 Å². The van der Waals surface area contributed by atoms with Crippen LogP contribution < -0.4 is 15.4 Å². The normalized spacial score (nSPS) is 11.4. The van der Waals surface area contributed by atoms with Crippen molar-refractivity contribution < 1.29 is 17.9 Å². The van der Waals surface area contributed by atoms with Gasteiger partial charge in [0.2, 0.25) is 0 Å². The minimum Gasteiger partial charge on any atom is -0.497 e. The fraction of sp³-hybridized carbons (Fsp3) is 0.455. The number of alkyl halides is 3. The van der Waals surface area contributed by atoms with Crippen LogP contribution in [0.5, 0.6) is 5.75 Å². The second-order valence-electron chi connectivity index (χ2n) is 3.75. The first kappa shape index (κ1) is 13.5. The lowest BCUT2D eigenvalue weighted by atomic mass is 10.2. The lowest BCUT2D eigenvalue weighted by Gasteiger charge is -2.21. The molecular weight excluding hydrogens is 233 g/mol. The van der Waals surface area contributed by atoms with Crippen LogP contribution in [0.1, 0.15) is 6.42 Å². The predicted octanol–water partition coefficient (Wildman–Crippen LogP) is 2.67. The molecule has 0 aliphatic carbocycles. The monoisotopic (exact) mass is 248 g/mol. The summed E-state index contributed by atoms with van der Waals surface area (Å²) in [6.07, 6.45) is -5.01. The Balaban J connectivity index is 2.74. The molecular formula is C11H15F3N2O. The summed E-state index contributed by atoms with van der Waals surface area (Å²) in [5.74, 6) is 0.527. The van der Waals surface area contributed by atoms with Crippen LogP contribution in [0.2, 0.25) is 0 Å². The number of rotatable bonds is 4. The zero-order valence-corrected chi connectivity index (χ0v) is 9.71. The molecule has 0 aromatic heterocycles. The fourth-order valence-electron chi connectivity index (χ4n) is 1.37. The van der Waals surface area contributed by atoms with Crippen molar-refractivity contribution in [2.24, 2.45) is 0 Å². The van der Waals surface area contributed by atoms with Crippen molar-refractivity contribution in [1.82, 2.24) is 0 Å². The summed E-state index contributed by atoms with van der Waals surface area (Å²) in [5, 5.41) is 0. The van der Waals surface area contributed by atoms with Crippen LogP contribution in [0.3, 0.4) is 0 Å². The summed E-state index contributed by atoms with van der Waals surface area (Å²) in [6, 6.07) is 4.87. The first-order valence-electron chi connectivity index (χ1n) is 5.04.